The lowest BCUT2D eigenvalue weighted by molar-refractivity contribution is 0.422. The van der Waals surface area contributed by atoms with Crippen LogP contribution in [0.15, 0.2) is 64.1 Å². The molecule has 3 aromatic rings. The smallest absolute Gasteiger partial charge is 0.191 e. The minimum absolute atomic E-state index is 0.0940. The number of halogens is 1. The Morgan fingerprint density at radius 1 is 1.19 bits per heavy atom. The Kier molecular flexibility index (Phi) is 5.86. The molecule has 1 aromatic heterocycles. The van der Waals surface area contributed by atoms with Gasteiger partial charge in [-0.15, -0.1) is 0 Å². The van der Waals surface area contributed by atoms with E-state index in [1.807, 2.05) is 49.4 Å². The molecule has 0 fully saturated rings. The number of hydrogen-bond acceptors (Lipinski definition) is 3. The lowest BCUT2D eigenvalue weighted by Gasteiger charge is -2.18. The van der Waals surface area contributed by atoms with Crippen molar-refractivity contribution in [3.8, 4) is 11.3 Å². The number of aliphatic imine (C=N–C) groups is 1. The SMILES string of the molecule is CN=C(NCc1cc(-c2ccccc2)on1)NC(C)c1ccc(C)c(F)c1. The van der Waals surface area contributed by atoms with Gasteiger partial charge in [-0.1, -0.05) is 47.6 Å². The highest BCUT2D eigenvalue weighted by molar-refractivity contribution is 5.80. The summed E-state index contributed by atoms with van der Waals surface area (Å²) in [6, 6.07) is 16.8. The predicted octanol–water partition coefficient (Wildman–Crippen LogP) is 4.22. The van der Waals surface area contributed by atoms with Gasteiger partial charge in [0.2, 0.25) is 0 Å². The fourth-order valence-electron chi connectivity index (χ4n) is 2.67. The molecule has 1 heterocycles. The quantitative estimate of drug-likeness (QED) is 0.524. The van der Waals surface area contributed by atoms with Crippen molar-refractivity contribution in [2.45, 2.75) is 26.4 Å². The van der Waals surface area contributed by atoms with Crippen LogP contribution in [0.4, 0.5) is 4.39 Å². The van der Waals surface area contributed by atoms with E-state index in [0.29, 0.717) is 18.1 Å². The van der Waals surface area contributed by atoms with Gasteiger partial charge in [-0.3, -0.25) is 4.99 Å². The van der Waals surface area contributed by atoms with E-state index in [-0.39, 0.29) is 11.9 Å². The van der Waals surface area contributed by atoms with Gasteiger partial charge in [0.15, 0.2) is 11.7 Å². The highest BCUT2D eigenvalue weighted by Gasteiger charge is 2.11. The Balaban J connectivity index is 1.59. The Labute approximate surface area is 158 Å². The Hall–Kier alpha value is -3.15. The lowest BCUT2D eigenvalue weighted by atomic mass is 10.1. The van der Waals surface area contributed by atoms with Crippen LogP contribution in [0.25, 0.3) is 11.3 Å². The van der Waals surface area contributed by atoms with Crippen LogP contribution in [0, 0.1) is 12.7 Å². The van der Waals surface area contributed by atoms with Crippen LogP contribution >= 0.6 is 0 Å². The van der Waals surface area contributed by atoms with Crippen molar-refractivity contribution < 1.29 is 8.91 Å². The lowest BCUT2D eigenvalue weighted by Crippen LogP contribution is -2.38. The van der Waals surface area contributed by atoms with E-state index < -0.39 is 0 Å². The summed E-state index contributed by atoms with van der Waals surface area (Å²) in [6.45, 7) is 4.17. The molecule has 0 aliphatic carbocycles. The van der Waals surface area contributed by atoms with E-state index >= 15 is 0 Å². The van der Waals surface area contributed by atoms with Crippen molar-refractivity contribution in [3.05, 3.63) is 77.2 Å². The monoisotopic (exact) mass is 366 g/mol. The van der Waals surface area contributed by atoms with Crippen LogP contribution in [0.1, 0.15) is 29.8 Å². The first-order chi connectivity index (χ1) is 13.1. The number of benzene rings is 2. The van der Waals surface area contributed by atoms with E-state index in [4.69, 9.17) is 4.52 Å². The summed E-state index contributed by atoms with van der Waals surface area (Å²) >= 11 is 0. The molecule has 0 aliphatic heterocycles. The maximum Gasteiger partial charge on any atom is 0.191 e. The van der Waals surface area contributed by atoms with Crippen LogP contribution in [0.2, 0.25) is 0 Å². The summed E-state index contributed by atoms with van der Waals surface area (Å²) in [6.07, 6.45) is 0. The molecule has 0 radical (unpaired) electrons. The average molecular weight is 366 g/mol. The largest absolute Gasteiger partial charge is 0.356 e. The van der Waals surface area contributed by atoms with Gasteiger partial charge < -0.3 is 15.2 Å². The van der Waals surface area contributed by atoms with Gasteiger partial charge in [0.05, 0.1) is 12.6 Å². The third kappa shape index (κ3) is 4.73. The van der Waals surface area contributed by atoms with Gasteiger partial charge in [0.1, 0.15) is 11.5 Å². The maximum absolute atomic E-state index is 13.8. The maximum atomic E-state index is 13.8. The van der Waals surface area contributed by atoms with Crippen LogP contribution in [-0.2, 0) is 6.54 Å². The summed E-state index contributed by atoms with van der Waals surface area (Å²) in [5, 5.41) is 10.5. The molecule has 1 atom stereocenters. The molecule has 0 saturated heterocycles. The molecular weight excluding hydrogens is 343 g/mol. The Morgan fingerprint density at radius 2 is 1.96 bits per heavy atom. The van der Waals surface area contributed by atoms with Gasteiger partial charge >= 0.3 is 0 Å². The standard InChI is InChI=1S/C21H23FN4O/c1-14-9-10-17(11-19(14)22)15(2)25-21(23-3)24-13-18-12-20(27-26-18)16-7-5-4-6-8-16/h4-12,15H,13H2,1-3H3,(H2,23,24,25). The Morgan fingerprint density at radius 3 is 2.67 bits per heavy atom. The number of rotatable bonds is 5. The van der Waals surface area contributed by atoms with Gasteiger partial charge in [0, 0.05) is 18.7 Å². The second-order valence-electron chi connectivity index (χ2n) is 6.35. The molecular formula is C21H23FN4O. The van der Waals surface area contributed by atoms with Crippen molar-refractivity contribution >= 4 is 5.96 Å². The zero-order valence-electron chi connectivity index (χ0n) is 15.7. The fraction of sp³-hybridized carbons (Fsp3) is 0.238. The first kappa shape index (κ1) is 18.6. The first-order valence-corrected chi connectivity index (χ1v) is 8.81. The summed E-state index contributed by atoms with van der Waals surface area (Å²) < 4.78 is 19.2. The highest BCUT2D eigenvalue weighted by atomic mass is 19.1. The third-order valence-electron chi connectivity index (χ3n) is 4.33. The molecule has 0 spiro atoms. The van der Waals surface area contributed by atoms with E-state index in [9.17, 15) is 4.39 Å². The molecule has 0 aliphatic rings. The average Bonchev–Trinajstić information content (AvgIpc) is 3.17. The van der Waals surface area contributed by atoms with Crippen LogP contribution in [-0.4, -0.2) is 18.2 Å². The predicted molar refractivity (Wildman–Crippen MR) is 105 cm³/mol. The minimum Gasteiger partial charge on any atom is -0.356 e. The second-order valence-corrected chi connectivity index (χ2v) is 6.35. The molecule has 2 aromatic carbocycles. The fourth-order valence-corrected chi connectivity index (χ4v) is 2.67. The molecule has 0 bridgehead atoms. The van der Waals surface area contributed by atoms with Gasteiger partial charge in [-0.25, -0.2) is 4.39 Å². The minimum atomic E-state index is -0.208. The molecule has 1 unspecified atom stereocenters. The molecule has 0 amide bonds. The van der Waals surface area contributed by atoms with Crippen molar-refractivity contribution in [3.63, 3.8) is 0 Å². The number of guanidine groups is 1. The van der Waals surface area contributed by atoms with E-state index in [1.165, 1.54) is 0 Å². The molecule has 5 nitrogen and oxygen atoms in total. The van der Waals surface area contributed by atoms with Gasteiger partial charge in [0.25, 0.3) is 0 Å². The summed E-state index contributed by atoms with van der Waals surface area (Å²) in [5.41, 5.74) is 3.24. The molecule has 6 heteroatoms. The van der Waals surface area contributed by atoms with Gasteiger partial charge in [-0.2, -0.15) is 0 Å². The number of aryl methyl sites for hydroxylation is 1. The van der Waals surface area contributed by atoms with Gasteiger partial charge in [-0.05, 0) is 31.0 Å². The number of nitrogens with one attached hydrogen (secondary N) is 2. The van der Waals surface area contributed by atoms with E-state index in [0.717, 1.165) is 22.6 Å². The molecule has 0 saturated carbocycles. The Bertz CT molecular complexity index is 921. The zero-order valence-corrected chi connectivity index (χ0v) is 15.7. The topological polar surface area (TPSA) is 62.5 Å². The normalized spacial score (nSPS) is 12.7. The van der Waals surface area contributed by atoms with E-state index in [1.54, 1.807) is 26.1 Å². The second kappa shape index (κ2) is 8.49. The van der Waals surface area contributed by atoms with Crippen molar-refractivity contribution in [1.29, 1.82) is 0 Å². The highest BCUT2D eigenvalue weighted by Crippen LogP contribution is 2.19. The third-order valence-corrected chi connectivity index (χ3v) is 4.33. The zero-order chi connectivity index (χ0) is 19.2. The van der Waals surface area contributed by atoms with Crippen LogP contribution in [0.3, 0.4) is 0 Å². The van der Waals surface area contributed by atoms with Crippen molar-refractivity contribution in [1.82, 2.24) is 15.8 Å². The van der Waals surface area contributed by atoms with Crippen molar-refractivity contribution in [2.75, 3.05) is 7.05 Å². The van der Waals surface area contributed by atoms with Crippen molar-refractivity contribution in [2.24, 2.45) is 4.99 Å². The van der Waals surface area contributed by atoms with Crippen LogP contribution in [0.5, 0.6) is 0 Å². The summed E-state index contributed by atoms with van der Waals surface area (Å²) in [4.78, 5) is 4.22. The first-order valence-electron chi connectivity index (χ1n) is 8.81. The summed E-state index contributed by atoms with van der Waals surface area (Å²) in [7, 11) is 1.69. The number of aromatic nitrogens is 1. The molecule has 27 heavy (non-hydrogen) atoms. The molecule has 3 rings (SSSR count). The summed E-state index contributed by atoms with van der Waals surface area (Å²) in [5.74, 6) is 1.12. The van der Waals surface area contributed by atoms with Crippen LogP contribution < -0.4 is 10.6 Å². The van der Waals surface area contributed by atoms with E-state index in [2.05, 4.69) is 20.8 Å². The molecule has 140 valence electrons. The number of nitrogens with zero attached hydrogens (tertiary/aromatic N) is 2. The molecule has 2 N–H and O–H groups in total. The number of hydrogen-bond donors (Lipinski definition) is 2.